The lowest BCUT2D eigenvalue weighted by molar-refractivity contribution is 0.530. The van der Waals surface area contributed by atoms with E-state index >= 15 is 0 Å². The molecular formula is C8H12N2. The zero-order valence-electron chi connectivity index (χ0n) is 6.63. The molecule has 0 aromatic heterocycles. The highest BCUT2D eigenvalue weighted by molar-refractivity contribution is 5.94. The highest BCUT2D eigenvalue weighted by atomic mass is 15.6. The van der Waals surface area contributed by atoms with Gasteiger partial charge in [0.25, 0.3) is 0 Å². The van der Waals surface area contributed by atoms with Crippen LogP contribution in [0.2, 0.25) is 0 Å². The molecule has 0 aromatic rings. The van der Waals surface area contributed by atoms with Gasteiger partial charge < -0.3 is 0 Å². The van der Waals surface area contributed by atoms with Crippen molar-refractivity contribution in [1.29, 1.82) is 0 Å². The molecule has 0 spiro atoms. The molecular weight excluding hydrogens is 124 g/mol. The van der Waals surface area contributed by atoms with Crippen LogP contribution in [0.3, 0.4) is 0 Å². The standard InChI is InChI=1S/C8H12N2/c1-5-4-6(2)9-10-7(3)8(5)10/h4,7-8H,1-3H3. The van der Waals surface area contributed by atoms with Gasteiger partial charge in [0.1, 0.15) is 0 Å². The molecule has 1 fully saturated rings. The quantitative estimate of drug-likeness (QED) is 0.459. The lowest BCUT2D eigenvalue weighted by Gasteiger charge is -2.05. The van der Waals surface area contributed by atoms with E-state index < -0.39 is 0 Å². The van der Waals surface area contributed by atoms with Crippen LogP contribution >= 0.6 is 0 Å². The number of hydrogen-bond acceptors (Lipinski definition) is 2. The van der Waals surface area contributed by atoms with Gasteiger partial charge in [-0.2, -0.15) is 5.10 Å². The molecule has 2 heteroatoms. The highest BCUT2D eigenvalue weighted by Gasteiger charge is 2.46. The van der Waals surface area contributed by atoms with Crippen molar-refractivity contribution in [2.24, 2.45) is 5.10 Å². The van der Waals surface area contributed by atoms with E-state index in [9.17, 15) is 0 Å². The summed E-state index contributed by atoms with van der Waals surface area (Å²) in [7, 11) is 0. The maximum Gasteiger partial charge on any atom is 0.0902 e. The molecule has 0 N–H and O–H groups in total. The first kappa shape index (κ1) is 5.96. The Bertz CT molecular complexity index is 227. The largest absolute Gasteiger partial charge is 0.282 e. The van der Waals surface area contributed by atoms with Crippen molar-refractivity contribution >= 4 is 5.71 Å². The Kier molecular flexibility index (Phi) is 0.967. The molecule has 0 bridgehead atoms. The van der Waals surface area contributed by atoms with Crippen LogP contribution < -0.4 is 0 Å². The van der Waals surface area contributed by atoms with Crippen LogP contribution in [0.5, 0.6) is 0 Å². The number of allylic oxidation sites excluding steroid dienone is 1. The van der Waals surface area contributed by atoms with Gasteiger partial charge in [-0.3, -0.25) is 5.01 Å². The molecule has 0 radical (unpaired) electrons. The molecule has 0 saturated carbocycles. The minimum absolute atomic E-state index is 0.628. The summed E-state index contributed by atoms with van der Waals surface area (Å²) in [5.74, 6) is 0. The Morgan fingerprint density at radius 2 is 2.20 bits per heavy atom. The van der Waals surface area contributed by atoms with Gasteiger partial charge in [0.2, 0.25) is 0 Å². The summed E-state index contributed by atoms with van der Waals surface area (Å²) in [6.45, 7) is 6.44. The van der Waals surface area contributed by atoms with E-state index in [0.717, 1.165) is 5.71 Å². The van der Waals surface area contributed by atoms with Gasteiger partial charge in [-0.1, -0.05) is 0 Å². The smallest absolute Gasteiger partial charge is 0.0902 e. The van der Waals surface area contributed by atoms with Gasteiger partial charge in [-0.25, -0.2) is 0 Å². The molecule has 10 heavy (non-hydrogen) atoms. The van der Waals surface area contributed by atoms with Crippen LogP contribution in [0.15, 0.2) is 16.8 Å². The van der Waals surface area contributed by atoms with Gasteiger partial charge >= 0.3 is 0 Å². The Morgan fingerprint density at radius 3 is 2.80 bits per heavy atom. The van der Waals surface area contributed by atoms with Crippen molar-refractivity contribution in [1.82, 2.24) is 5.01 Å². The molecule has 2 rings (SSSR count). The molecule has 1 saturated heterocycles. The third-order valence-corrected chi connectivity index (χ3v) is 2.25. The number of hydrogen-bond donors (Lipinski definition) is 0. The molecule has 2 aliphatic heterocycles. The van der Waals surface area contributed by atoms with Crippen LogP contribution in [0.1, 0.15) is 20.8 Å². The van der Waals surface area contributed by atoms with Crippen molar-refractivity contribution in [2.75, 3.05) is 0 Å². The van der Waals surface area contributed by atoms with Crippen LogP contribution in [0.25, 0.3) is 0 Å². The van der Waals surface area contributed by atoms with Gasteiger partial charge in [-0.05, 0) is 32.4 Å². The van der Waals surface area contributed by atoms with Crippen molar-refractivity contribution in [3.8, 4) is 0 Å². The molecule has 2 nitrogen and oxygen atoms in total. The van der Waals surface area contributed by atoms with E-state index in [1.807, 2.05) is 6.92 Å². The fourth-order valence-electron chi connectivity index (χ4n) is 1.70. The van der Waals surface area contributed by atoms with Gasteiger partial charge in [-0.15, -0.1) is 0 Å². The maximum absolute atomic E-state index is 4.36. The van der Waals surface area contributed by atoms with Crippen LogP contribution in [-0.2, 0) is 0 Å². The van der Waals surface area contributed by atoms with E-state index in [2.05, 4.69) is 30.0 Å². The lowest BCUT2D eigenvalue weighted by atomic mass is 10.1. The van der Waals surface area contributed by atoms with Crippen LogP contribution in [0, 0.1) is 0 Å². The first-order chi connectivity index (χ1) is 4.70. The summed E-state index contributed by atoms with van der Waals surface area (Å²) in [5.41, 5.74) is 2.60. The van der Waals surface area contributed by atoms with Crippen molar-refractivity contribution in [2.45, 2.75) is 32.9 Å². The number of hydrazone groups is 1. The van der Waals surface area contributed by atoms with Crippen LogP contribution in [0.4, 0.5) is 0 Å². The first-order valence-electron chi connectivity index (χ1n) is 3.72. The third kappa shape index (κ3) is 0.618. The molecule has 2 aliphatic rings. The number of rotatable bonds is 0. The Morgan fingerprint density at radius 1 is 1.50 bits per heavy atom. The maximum atomic E-state index is 4.36. The summed E-state index contributed by atoms with van der Waals surface area (Å²) >= 11 is 0. The third-order valence-electron chi connectivity index (χ3n) is 2.25. The SMILES string of the molecule is CC1=CC(C)=NN2C(C)C12. The second-order valence-corrected chi connectivity index (χ2v) is 3.20. The fraction of sp³-hybridized carbons (Fsp3) is 0.625. The average Bonchev–Trinajstić information content (AvgIpc) is 2.42. The minimum atomic E-state index is 0.628. The van der Waals surface area contributed by atoms with Crippen molar-refractivity contribution < 1.29 is 0 Å². The van der Waals surface area contributed by atoms with E-state index in [4.69, 9.17) is 0 Å². The molecule has 0 aromatic carbocycles. The monoisotopic (exact) mass is 136 g/mol. The number of nitrogens with zero attached hydrogens (tertiary/aromatic N) is 2. The van der Waals surface area contributed by atoms with Crippen molar-refractivity contribution in [3.05, 3.63) is 11.6 Å². The zero-order valence-corrected chi connectivity index (χ0v) is 6.63. The van der Waals surface area contributed by atoms with Crippen molar-refractivity contribution in [3.63, 3.8) is 0 Å². The van der Waals surface area contributed by atoms with E-state index in [-0.39, 0.29) is 0 Å². The zero-order chi connectivity index (χ0) is 7.30. The summed E-state index contributed by atoms with van der Waals surface area (Å²) in [6.07, 6.45) is 2.17. The molecule has 2 heterocycles. The Balaban J connectivity index is 2.31. The second kappa shape index (κ2) is 1.62. The molecule has 2 unspecified atom stereocenters. The Hall–Kier alpha value is -0.790. The highest BCUT2D eigenvalue weighted by Crippen LogP contribution is 2.36. The lowest BCUT2D eigenvalue weighted by Crippen LogP contribution is -2.05. The first-order valence-corrected chi connectivity index (χ1v) is 3.72. The van der Waals surface area contributed by atoms with E-state index in [0.29, 0.717) is 12.1 Å². The molecule has 54 valence electrons. The summed E-state index contributed by atoms with van der Waals surface area (Å²) in [5, 5.41) is 6.52. The molecule has 0 aliphatic carbocycles. The fourth-order valence-corrected chi connectivity index (χ4v) is 1.70. The minimum Gasteiger partial charge on any atom is -0.282 e. The van der Waals surface area contributed by atoms with E-state index in [1.54, 1.807) is 0 Å². The topological polar surface area (TPSA) is 15.4 Å². The summed E-state index contributed by atoms with van der Waals surface area (Å²) in [4.78, 5) is 0. The molecule has 0 amide bonds. The Labute approximate surface area is 61.2 Å². The summed E-state index contributed by atoms with van der Waals surface area (Å²) < 4.78 is 0. The van der Waals surface area contributed by atoms with Gasteiger partial charge in [0.15, 0.2) is 0 Å². The van der Waals surface area contributed by atoms with Gasteiger partial charge in [0.05, 0.1) is 17.8 Å². The average molecular weight is 136 g/mol. The molecule has 2 atom stereocenters. The number of fused-ring (bicyclic) bond motifs is 1. The normalized spacial score (nSPS) is 36.5. The summed E-state index contributed by atoms with van der Waals surface area (Å²) in [6, 6.07) is 1.28. The second-order valence-electron chi connectivity index (χ2n) is 3.20. The van der Waals surface area contributed by atoms with Crippen LogP contribution in [-0.4, -0.2) is 22.8 Å². The predicted octanol–water partition coefficient (Wildman–Crippen LogP) is 1.39. The predicted molar refractivity (Wildman–Crippen MR) is 42.0 cm³/mol. The van der Waals surface area contributed by atoms with Gasteiger partial charge in [0, 0.05) is 0 Å². The van der Waals surface area contributed by atoms with E-state index in [1.165, 1.54) is 5.57 Å².